The lowest BCUT2D eigenvalue weighted by molar-refractivity contribution is -0.127. The van der Waals surface area contributed by atoms with E-state index in [4.69, 9.17) is 5.73 Å². The van der Waals surface area contributed by atoms with Crippen LogP contribution in [0.4, 0.5) is 11.5 Å². The highest BCUT2D eigenvalue weighted by molar-refractivity contribution is 5.98. The van der Waals surface area contributed by atoms with Crippen molar-refractivity contribution in [1.82, 2.24) is 30.2 Å². The van der Waals surface area contributed by atoms with E-state index in [1.807, 2.05) is 35.2 Å². The molecule has 1 aromatic carbocycles. The molecule has 2 saturated heterocycles. The van der Waals surface area contributed by atoms with E-state index in [0.29, 0.717) is 12.4 Å². The number of piperazine rings is 1. The largest absolute Gasteiger partial charge is 0.383 e. The number of hydrogen-bond acceptors (Lipinski definition) is 7. The third-order valence-electron chi connectivity index (χ3n) is 7.61. The summed E-state index contributed by atoms with van der Waals surface area (Å²) in [7, 11) is 0. The van der Waals surface area contributed by atoms with Crippen molar-refractivity contribution in [2.45, 2.75) is 50.7 Å². The molecule has 3 aliphatic rings. The number of carbonyl (C=O) groups excluding carboxylic acids is 2. The van der Waals surface area contributed by atoms with Crippen LogP contribution in [-0.4, -0.2) is 62.4 Å². The van der Waals surface area contributed by atoms with Gasteiger partial charge in [-0.3, -0.25) is 14.5 Å². The van der Waals surface area contributed by atoms with Gasteiger partial charge in [-0.15, -0.1) is 5.10 Å². The summed E-state index contributed by atoms with van der Waals surface area (Å²) in [4.78, 5) is 34.2. The summed E-state index contributed by atoms with van der Waals surface area (Å²) in [6.45, 7) is 3.16. The van der Waals surface area contributed by atoms with Gasteiger partial charge in [0.15, 0.2) is 5.69 Å². The first-order valence-electron chi connectivity index (χ1n) is 12.7. The van der Waals surface area contributed by atoms with E-state index in [1.54, 1.807) is 17.1 Å². The van der Waals surface area contributed by atoms with Crippen LogP contribution in [-0.2, 0) is 17.8 Å². The fraction of sp³-hybridized carbons (Fsp3) is 0.423. The van der Waals surface area contributed by atoms with Crippen LogP contribution in [0, 0.1) is 0 Å². The van der Waals surface area contributed by atoms with Crippen LogP contribution >= 0.6 is 0 Å². The lowest BCUT2D eigenvalue weighted by Crippen LogP contribution is -2.58. The zero-order chi connectivity index (χ0) is 24.6. The minimum Gasteiger partial charge on any atom is -0.383 e. The topological polar surface area (TPSA) is 122 Å². The minimum absolute atomic E-state index is 0.0253. The molecule has 2 aromatic heterocycles. The number of nitrogens with zero attached hydrogens (tertiary/aromatic N) is 6. The number of pyridine rings is 1. The van der Waals surface area contributed by atoms with E-state index >= 15 is 0 Å². The van der Waals surface area contributed by atoms with Crippen molar-refractivity contribution in [3.8, 4) is 0 Å². The van der Waals surface area contributed by atoms with Gasteiger partial charge in [0.25, 0.3) is 5.91 Å². The molecule has 0 saturated carbocycles. The number of amides is 2. The van der Waals surface area contributed by atoms with E-state index in [-0.39, 0.29) is 29.6 Å². The van der Waals surface area contributed by atoms with Crippen LogP contribution in [0.3, 0.4) is 0 Å². The Morgan fingerprint density at radius 2 is 1.94 bits per heavy atom. The van der Waals surface area contributed by atoms with Crippen LogP contribution in [0.2, 0.25) is 0 Å². The molecule has 0 radical (unpaired) electrons. The van der Waals surface area contributed by atoms with Crippen molar-refractivity contribution >= 4 is 23.3 Å². The highest BCUT2D eigenvalue weighted by Crippen LogP contribution is 2.34. The molecule has 2 atom stereocenters. The molecule has 2 amide bonds. The van der Waals surface area contributed by atoms with Gasteiger partial charge in [-0.25, -0.2) is 9.67 Å². The molecule has 1 aliphatic carbocycles. The number of anilines is 2. The third kappa shape index (κ3) is 4.21. The zero-order valence-corrected chi connectivity index (χ0v) is 20.1. The number of aryl methyl sites for hydroxylation is 1. The van der Waals surface area contributed by atoms with Gasteiger partial charge in [-0.05, 0) is 61.6 Å². The number of benzene rings is 1. The molecule has 6 rings (SSSR count). The number of nitrogens with one attached hydrogen (secondary N) is 1. The van der Waals surface area contributed by atoms with Gasteiger partial charge >= 0.3 is 0 Å². The molecule has 10 nitrogen and oxygen atoms in total. The van der Waals surface area contributed by atoms with Crippen molar-refractivity contribution in [3.63, 3.8) is 0 Å². The van der Waals surface area contributed by atoms with Gasteiger partial charge in [0.2, 0.25) is 5.91 Å². The van der Waals surface area contributed by atoms with Gasteiger partial charge in [0.05, 0.1) is 24.8 Å². The number of fused-ring (bicyclic) bond motifs is 2. The summed E-state index contributed by atoms with van der Waals surface area (Å²) < 4.78 is 1.65. The maximum absolute atomic E-state index is 13.0. The highest BCUT2D eigenvalue weighted by Gasteiger charge is 2.36. The summed E-state index contributed by atoms with van der Waals surface area (Å²) in [5, 5.41) is 11.2. The van der Waals surface area contributed by atoms with Gasteiger partial charge in [-0.1, -0.05) is 23.8 Å². The average molecular weight is 487 g/mol. The maximum atomic E-state index is 13.0. The quantitative estimate of drug-likeness (QED) is 0.565. The lowest BCUT2D eigenvalue weighted by atomic mass is 9.98. The first kappa shape index (κ1) is 22.7. The molecule has 2 fully saturated rings. The Hall–Kier alpha value is -3.79. The number of nitrogen functional groups attached to an aromatic ring is 1. The van der Waals surface area contributed by atoms with E-state index in [1.165, 1.54) is 6.42 Å². The number of aromatic nitrogens is 4. The minimum atomic E-state index is -0.280. The second kappa shape index (κ2) is 9.34. The predicted octanol–water partition coefficient (Wildman–Crippen LogP) is 1.92. The summed E-state index contributed by atoms with van der Waals surface area (Å²) >= 11 is 0. The van der Waals surface area contributed by atoms with E-state index in [0.717, 1.165) is 67.7 Å². The lowest BCUT2D eigenvalue weighted by Gasteiger charge is -2.43. The first-order chi connectivity index (χ1) is 17.6. The van der Waals surface area contributed by atoms with Crippen LogP contribution in [0.15, 0.2) is 42.7 Å². The van der Waals surface area contributed by atoms with Gasteiger partial charge < -0.3 is 16.0 Å². The summed E-state index contributed by atoms with van der Waals surface area (Å²) in [5.74, 6) is 0.394. The van der Waals surface area contributed by atoms with Crippen LogP contribution < -0.4 is 16.0 Å². The van der Waals surface area contributed by atoms with Crippen molar-refractivity contribution in [3.05, 3.63) is 65.1 Å². The average Bonchev–Trinajstić information content (AvgIpc) is 3.53. The molecule has 0 bridgehead atoms. The number of nitrogens with two attached hydrogens (primary N) is 1. The second-order valence-electron chi connectivity index (χ2n) is 9.84. The Morgan fingerprint density at radius 1 is 1.08 bits per heavy atom. The molecule has 3 N–H and O–H groups in total. The van der Waals surface area contributed by atoms with Gasteiger partial charge in [0.1, 0.15) is 5.82 Å². The molecular formula is C26H30N8O2. The standard InChI is InChI=1S/C26H30N8O2/c27-24-23-18(10-11-28-24)6-9-20(23)29-25(35)21-16-33(31-30-21)15-17-4-7-19(8-5-17)34-14-13-32-12-2-1-3-22(32)26(34)36/h4-5,7-8,10-11,16,20,22H,1-3,6,9,12-15H2,(H2,27,28)(H,29,35). The molecule has 3 aromatic rings. The van der Waals surface area contributed by atoms with E-state index < -0.39 is 0 Å². The van der Waals surface area contributed by atoms with Crippen molar-refractivity contribution < 1.29 is 9.59 Å². The van der Waals surface area contributed by atoms with E-state index in [9.17, 15) is 9.59 Å². The predicted molar refractivity (Wildman–Crippen MR) is 134 cm³/mol. The van der Waals surface area contributed by atoms with Crippen molar-refractivity contribution in [2.24, 2.45) is 0 Å². The van der Waals surface area contributed by atoms with E-state index in [2.05, 4.69) is 25.5 Å². The molecule has 10 heteroatoms. The molecular weight excluding hydrogens is 456 g/mol. The van der Waals surface area contributed by atoms with Gasteiger partial charge in [-0.2, -0.15) is 0 Å². The normalized spacial score (nSPS) is 21.8. The SMILES string of the molecule is Nc1nccc2c1C(NC(=O)c1cn(Cc3ccc(N4CCN5CCCCC5C4=O)cc3)nn1)CC2. The summed E-state index contributed by atoms with van der Waals surface area (Å²) in [6.07, 6.45) is 8.25. The fourth-order valence-electron chi connectivity index (χ4n) is 5.73. The van der Waals surface area contributed by atoms with Crippen LogP contribution in [0.1, 0.15) is 58.9 Å². The molecule has 0 spiro atoms. The Balaban J connectivity index is 1.09. The number of carbonyl (C=O) groups is 2. The van der Waals surface area contributed by atoms with Crippen LogP contribution in [0.25, 0.3) is 0 Å². The zero-order valence-electron chi connectivity index (χ0n) is 20.1. The second-order valence-corrected chi connectivity index (χ2v) is 9.84. The van der Waals surface area contributed by atoms with Crippen molar-refractivity contribution in [1.29, 1.82) is 0 Å². The number of piperidine rings is 1. The molecule has 36 heavy (non-hydrogen) atoms. The Labute approximate surface area is 209 Å². The third-order valence-corrected chi connectivity index (χ3v) is 7.61. The number of hydrogen-bond donors (Lipinski definition) is 2. The maximum Gasteiger partial charge on any atom is 0.273 e. The molecule has 4 heterocycles. The Kier molecular flexibility index (Phi) is 5.88. The Morgan fingerprint density at radius 3 is 2.81 bits per heavy atom. The summed E-state index contributed by atoms with van der Waals surface area (Å²) in [6, 6.07) is 9.80. The smallest absolute Gasteiger partial charge is 0.273 e. The molecule has 2 aliphatic heterocycles. The van der Waals surface area contributed by atoms with Crippen molar-refractivity contribution in [2.75, 3.05) is 30.3 Å². The monoisotopic (exact) mass is 486 g/mol. The van der Waals surface area contributed by atoms with Crippen LogP contribution in [0.5, 0.6) is 0 Å². The first-order valence-corrected chi connectivity index (χ1v) is 12.7. The fourth-order valence-corrected chi connectivity index (χ4v) is 5.73. The molecule has 2 unspecified atom stereocenters. The van der Waals surface area contributed by atoms with Gasteiger partial charge in [0, 0.05) is 30.5 Å². The Bertz CT molecular complexity index is 1290. The summed E-state index contributed by atoms with van der Waals surface area (Å²) in [5.41, 5.74) is 10.3. The highest BCUT2D eigenvalue weighted by atomic mass is 16.2. The number of rotatable bonds is 5. The molecule has 186 valence electrons.